The molecule has 1 amide bonds. The third-order valence-electron chi connectivity index (χ3n) is 4.24. The normalized spacial score (nSPS) is 11.5. The molecule has 1 heterocycles. The van der Waals surface area contributed by atoms with Crippen molar-refractivity contribution < 1.29 is 9.18 Å². The molecular weight excluding hydrogens is 409 g/mol. The third kappa shape index (κ3) is 4.17. The minimum Gasteiger partial charge on any atom is -0.307 e. The van der Waals surface area contributed by atoms with E-state index in [9.17, 15) is 9.18 Å². The molecular formula is C21H19BrFN3O. The van der Waals surface area contributed by atoms with Gasteiger partial charge in [-0.1, -0.05) is 46.3 Å². The van der Waals surface area contributed by atoms with Crippen molar-refractivity contribution in [3.63, 3.8) is 0 Å². The molecule has 4 nitrogen and oxygen atoms in total. The number of aryl methyl sites for hydroxylation is 2. The maximum absolute atomic E-state index is 13.9. The Kier molecular flexibility index (Phi) is 5.56. The molecule has 0 radical (unpaired) electrons. The number of halogens is 2. The predicted molar refractivity (Wildman–Crippen MR) is 110 cm³/mol. The van der Waals surface area contributed by atoms with Gasteiger partial charge in [-0.2, -0.15) is 5.10 Å². The van der Waals surface area contributed by atoms with Crippen LogP contribution in [-0.4, -0.2) is 15.7 Å². The van der Waals surface area contributed by atoms with Crippen molar-refractivity contribution in [2.45, 2.75) is 13.8 Å². The molecule has 0 bridgehead atoms. The van der Waals surface area contributed by atoms with E-state index >= 15 is 0 Å². The molecule has 0 atom stereocenters. The maximum Gasteiger partial charge on any atom is 0.249 e. The highest BCUT2D eigenvalue weighted by atomic mass is 79.9. The summed E-state index contributed by atoms with van der Waals surface area (Å²) in [5, 5.41) is 7.31. The third-order valence-corrected chi connectivity index (χ3v) is 4.77. The lowest BCUT2D eigenvalue weighted by Gasteiger charge is -2.09. The topological polar surface area (TPSA) is 46.9 Å². The van der Waals surface area contributed by atoms with Crippen molar-refractivity contribution in [3.8, 4) is 11.1 Å². The number of aromatic nitrogens is 2. The Labute approximate surface area is 165 Å². The maximum atomic E-state index is 13.9. The Morgan fingerprint density at radius 1 is 1.19 bits per heavy atom. The minimum absolute atomic E-state index is 0.336. The summed E-state index contributed by atoms with van der Waals surface area (Å²) in [7, 11) is 1.78. The molecule has 0 spiro atoms. The van der Waals surface area contributed by atoms with E-state index in [2.05, 4.69) is 26.3 Å². The molecule has 27 heavy (non-hydrogen) atoms. The van der Waals surface area contributed by atoms with Crippen LogP contribution >= 0.6 is 15.9 Å². The smallest absolute Gasteiger partial charge is 0.249 e. The number of carbonyl (C=O) groups is 1. The zero-order valence-electron chi connectivity index (χ0n) is 15.3. The zero-order valence-corrected chi connectivity index (χ0v) is 16.8. The number of amides is 1. The highest BCUT2D eigenvalue weighted by Crippen LogP contribution is 2.32. The molecule has 0 fully saturated rings. The van der Waals surface area contributed by atoms with E-state index < -0.39 is 0 Å². The van der Waals surface area contributed by atoms with E-state index in [-0.39, 0.29) is 11.7 Å². The number of nitrogens with zero attached hydrogens (tertiary/aromatic N) is 2. The summed E-state index contributed by atoms with van der Waals surface area (Å²) in [5.74, 6) is -0.0968. The molecule has 138 valence electrons. The molecule has 0 aliphatic heterocycles. The van der Waals surface area contributed by atoms with Crippen LogP contribution in [0.2, 0.25) is 0 Å². The standard InChI is InChI=1S/C21H19BrFN3O/c1-13(17-6-4-5-7-18(17)23)12-19(27)24-21-20(14(2)25-26(21)3)15-8-10-16(22)11-9-15/h4-12H,1-3H3,(H,24,27)/b13-12-. The minimum atomic E-state index is -0.356. The van der Waals surface area contributed by atoms with Gasteiger partial charge < -0.3 is 5.32 Å². The van der Waals surface area contributed by atoms with Crippen LogP contribution in [0.15, 0.2) is 59.1 Å². The van der Waals surface area contributed by atoms with Crippen LogP contribution < -0.4 is 5.32 Å². The highest BCUT2D eigenvalue weighted by molar-refractivity contribution is 9.10. The summed E-state index contributed by atoms with van der Waals surface area (Å²) in [6, 6.07) is 14.2. The number of rotatable bonds is 4. The van der Waals surface area contributed by atoms with Gasteiger partial charge in [-0.15, -0.1) is 0 Å². The molecule has 3 rings (SSSR count). The van der Waals surface area contributed by atoms with Gasteiger partial charge in [-0.05, 0) is 43.2 Å². The number of hydrogen-bond donors (Lipinski definition) is 1. The van der Waals surface area contributed by atoms with E-state index in [1.807, 2.05) is 31.2 Å². The van der Waals surface area contributed by atoms with Crippen molar-refractivity contribution in [2.75, 3.05) is 5.32 Å². The van der Waals surface area contributed by atoms with Gasteiger partial charge >= 0.3 is 0 Å². The molecule has 0 saturated heterocycles. The number of benzene rings is 2. The van der Waals surface area contributed by atoms with Gasteiger partial charge in [0.05, 0.1) is 5.69 Å². The highest BCUT2D eigenvalue weighted by Gasteiger charge is 2.17. The zero-order chi connectivity index (χ0) is 19.6. The summed E-state index contributed by atoms with van der Waals surface area (Å²) in [6.07, 6.45) is 1.39. The van der Waals surface area contributed by atoms with Crippen LogP contribution in [0.25, 0.3) is 16.7 Å². The van der Waals surface area contributed by atoms with Crippen molar-refractivity contribution in [3.05, 3.63) is 76.2 Å². The fraction of sp³-hybridized carbons (Fsp3) is 0.143. The summed E-state index contributed by atoms with van der Waals surface area (Å²) < 4.78 is 16.5. The quantitative estimate of drug-likeness (QED) is 0.571. The van der Waals surface area contributed by atoms with Gasteiger partial charge in [-0.25, -0.2) is 4.39 Å². The van der Waals surface area contributed by atoms with Crippen LogP contribution in [0, 0.1) is 12.7 Å². The molecule has 2 aromatic carbocycles. The molecule has 0 aliphatic carbocycles. The Morgan fingerprint density at radius 2 is 1.85 bits per heavy atom. The summed E-state index contributed by atoms with van der Waals surface area (Å²) in [4.78, 5) is 12.5. The Bertz CT molecular complexity index is 1020. The van der Waals surface area contributed by atoms with E-state index in [1.165, 1.54) is 12.1 Å². The largest absolute Gasteiger partial charge is 0.307 e. The molecule has 0 unspecified atom stereocenters. The fourth-order valence-electron chi connectivity index (χ4n) is 2.97. The summed E-state index contributed by atoms with van der Waals surface area (Å²) >= 11 is 3.43. The number of nitrogens with one attached hydrogen (secondary N) is 1. The summed E-state index contributed by atoms with van der Waals surface area (Å²) in [6.45, 7) is 3.61. The summed E-state index contributed by atoms with van der Waals surface area (Å²) in [5.41, 5.74) is 3.57. The van der Waals surface area contributed by atoms with Gasteiger partial charge in [0.15, 0.2) is 0 Å². The van der Waals surface area contributed by atoms with E-state index in [4.69, 9.17) is 0 Å². The monoisotopic (exact) mass is 427 g/mol. The number of carbonyl (C=O) groups excluding carboxylic acids is 1. The SMILES string of the molecule is C/C(=C/C(=O)Nc1c(-c2ccc(Br)cc2)c(C)nn1C)c1ccccc1F. The molecule has 3 aromatic rings. The lowest BCUT2D eigenvalue weighted by molar-refractivity contribution is -0.111. The second-order valence-corrected chi connectivity index (χ2v) is 7.15. The van der Waals surface area contributed by atoms with Crippen LogP contribution in [0.3, 0.4) is 0 Å². The number of hydrogen-bond acceptors (Lipinski definition) is 2. The van der Waals surface area contributed by atoms with Gasteiger partial charge in [-0.3, -0.25) is 9.48 Å². The lowest BCUT2D eigenvalue weighted by atomic mass is 10.1. The molecule has 1 aromatic heterocycles. The Balaban J connectivity index is 1.92. The Hall–Kier alpha value is -2.73. The van der Waals surface area contributed by atoms with Crippen LogP contribution in [0.5, 0.6) is 0 Å². The van der Waals surface area contributed by atoms with Gasteiger partial charge in [0, 0.05) is 28.7 Å². The van der Waals surface area contributed by atoms with Crippen molar-refractivity contribution >= 4 is 33.2 Å². The second-order valence-electron chi connectivity index (χ2n) is 6.24. The van der Waals surface area contributed by atoms with Crippen molar-refractivity contribution in [2.24, 2.45) is 7.05 Å². The lowest BCUT2D eigenvalue weighted by Crippen LogP contribution is -2.13. The van der Waals surface area contributed by atoms with Crippen LogP contribution in [-0.2, 0) is 11.8 Å². The van der Waals surface area contributed by atoms with E-state index in [0.717, 1.165) is 21.3 Å². The number of allylic oxidation sites excluding steroid dienone is 1. The van der Waals surface area contributed by atoms with Crippen molar-refractivity contribution in [1.29, 1.82) is 0 Å². The first-order valence-electron chi connectivity index (χ1n) is 8.40. The van der Waals surface area contributed by atoms with Gasteiger partial charge in [0.2, 0.25) is 5.91 Å². The average Bonchev–Trinajstić information content (AvgIpc) is 2.89. The first-order valence-corrected chi connectivity index (χ1v) is 9.20. The molecule has 1 N–H and O–H groups in total. The van der Waals surface area contributed by atoms with Crippen LogP contribution in [0.1, 0.15) is 18.2 Å². The number of anilines is 1. The predicted octanol–water partition coefficient (Wildman–Crippen LogP) is 5.34. The molecule has 6 heteroatoms. The first-order chi connectivity index (χ1) is 12.9. The second kappa shape index (κ2) is 7.88. The van der Waals surface area contributed by atoms with E-state index in [0.29, 0.717) is 17.0 Å². The fourth-order valence-corrected chi connectivity index (χ4v) is 3.24. The van der Waals surface area contributed by atoms with Gasteiger partial charge in [0.1, 0.15) is 11.6 Å². The van der Waals surface area contributed by atoms with E-state index in [1.54, 1.807) is 36.9 Å². The molecule has 0 saturated carbocycles. The first kappa shape index (κ1) is 19.0. The van der Waals surface area contributed by atoms with Gasteiger partial charge in [0.25, 0.3) is 0 Å². The average molecular weight is 428 g/mol. The Morgan fingerprint density at radius 3 is 2.52 bits per heavy atom. The van der Waals surface area contributed by atoms with Crippen molar-refractivity contribution in [1.82, 2.24) is 9.78 Å². The molecule has 0 aliphatic rings. The van der Waals surface area contributed by atoms with Crippen LogP contribution in [0.4, 0.5) is 10.2 Å².